The second-order valence-corrected chi connectivity index (χ2v) is 14.8. The number of aliphatic hydroxyl groups is 1. The van der Waals surface area contributed by atoms with E-state index in [4.69, 9.17) is 4.74 Å². The molecule has 9 heteroatoms. The number of fused-ring (bicyclic) bond motifs is 1. The Morgan fingerprint density at radius 1 is 1.12 bits per heavy atom. The highest BCUT2D eigenvalue weighted by Gasteiger charge is 2.77. The van der Waals surface area contributed by atoms with Crippen molar-refractivity contribution in [3.8, 4) is 0 Å². The molecule has 3 aliphatic rings. The molecule has 3 fully saturated rings. The van der Waals surface area contributed by atoms with Crippen molar-refractivity contribution in [1.82, 2.24) is 9.80 Å². The number of hydrogen-bond acceptors (Lipinski definition) is 5. The number of ether oxygens (including phenoxy) is 1. The molecule has 1 aromatic carbocycles. The Morgan fingerprint density at radius 2 is 1.76 bits per heavy atom. The van der Waals surface area contributed by atoms with E-state index in [1.807, 2.05) is 49.1 Å². The Balaban J connectivity index is 1.80. The molecule has 3 heterocycles. The number of carbonyl (C=O) groups is 3. The lowest BCUT2D eigenvalue weighted by Crippen LogP contribution is -2.61. The van der Waals surface area contributed by atoms with E-state index >= 15 is 0 Å². The minimum atomic E-state index is -1.17. The highest BCUT2D eigenvalue weighted by atomic mass is 79.9. The van der Waals surface area contributed by atoms with Gasteiger partial charge in [0, 0.05) is 42.3 Å². The van der Waals surface area contributed by atoms with Gasteiger partial charge in [-0.1, -0.05) is 67.1 Å². The van der Waals surface area contributed by atoms with E-state index in [1.165, 1.54) is 0 Å². The maximum atomic E-state index is 14.8. The third kappa shape index (κ3) is 5.72. The van der Waals surface area contributed by atoms with Crippen LogP contribution in [0.1, 0.15) is 53.9 Å². The molecule has 8 nitrogen and oxygen atoms in total. The molecular formula is C33H46BrN3O5. The SMILES string of the molecule is C=CCN(C(=O)[C@H]1[C@@H]2OC3(CC2Br)C(C(=O)N(CC=C)C(C)(C)CC(C)(C)C)N(CCCO)C(=O)[C@H]13)c1ccccc1. The van der Waals surface area contributed by atoms with Crippen molar-refractivity contribution in [2.45, 2.75) is 82.0 Å². The molecule has 3 amide bonds. The normalized spacial score (nSPS) is 28.5. The summed E-state index contributed by atoms with van der Waals surface area (Å²) >= 11 is 3.77. The van der Waals surface area contributed by atoms with E-state index in [9.17, 15) is 19.5 Å². The highest BCUT2D eigenvalue weighted by Crippen LogP contribution is 2.60. The number of para-hydroxylation sites is 1. The van der Waals surface area contributed by atoms with Crippen molar-refractivity contribution in [2.24, 2.45) is 17.3 Å². The number of aliphatic hydroxyl groups excluding tert-OH is 1. The molecule has 1 aromatic rings. The second kappa shape index (κ2) is 12.2. The number of nitrogens with zero attached hydrogens (tertiary/aromatic N) is 3. The Bertz CT molecular complexity index is 1200. The fourth-order valence-electron chi connectivity index (χ4n) is 7.72. The first-order valence-electron chi connectivity index (χ1n) is 14.9. The number of amides is 3. The third-order valence-electron chi connectivity index (χ3n) is 8.78. The third-order valence-corrected chi connectivity index (χ3v) is 9.63. The average molecular weight is 645 g/mol. The molecule has 3 saturated heterocycles. The topological polar surface area (TPSA) is 90.4 Å². The van der Waals surface area contributed by atoms with Crippen LogP contribution in [-0.2, 0) is 19.1 Å². The molecule has 0 radical (unpaired) electrons. The summed E-state index contributed by atoms with van der Waals surface area (Å²) in [4.78, 5) is 48.3. The van der Waals surface area contributed by atoms with Gasteiger partial charge in [0.2, 0.25) is 17.7 Å². The quantitative estimate of drug-likeness (QED) is 0.266. The lowest BCUT2D eigenvalue weighted by molar-refractivity contribution is -0.152. The zero-order chi connectivity index (χ0) is 31.0. The molecule has 6 atom stereocenters. The molecule has 1 N–H and O–H groups in total. The van der Waals surface area contributed by atoms with E-state index in [1.54, 1.807) is 22.0 Å². The average Bonchev–Trinajstić information content (AvgIpc) is 3.50. The summed E-state index contributed by atoms with van der Waals surface area (Å²) in [6, 6.07) is 8.41. The summed E-state index contributed by atoms with van der Waals surface area (Å²) < 4.78 is 6.73. The van der Waals surface area contributed by atoms with Crippen molar-refractivity contribution in [3.05, 3.63) is 55.6 Å². The number of halogens is 1. The zero-order valence-electron chi connectivity index (χ0n) is 25.6. The molecule has 42 heavy (non-hydrogen) atoms. The van der Waals surface area contributed by atoms with Crippen molar-refractivity contribution >= 4 is 39.3 Å². The number of anilines is 1. The first-order chi connectivity index (χ1) is 19.7. The summed E-state index contributed by atoms with van der Waals surface area (Å²) in [5, 5.41) is 9.71. The fourth-order valence-corrected chi connectivity index (χ4v) is 8.66. The van der Waals surface area contributed by atoms with Crippen LogP contribution in [0.25, 0.3) is 0 Å². The van der Waals surface area contributed by atoms with Crippen LogP contribution in [-0.4, -0.2) is 87.0 Å². The van der Waals surface area contributed by atoms with Gasteiger partial charge in [0.1, 0.15) is 11.6 Å². The summed E-state index contributed by atoms with van der Waals surface area (Å²) in [5.74, 6) is -2.29. The molecule has 0 aromatic heterocycles. The highest BCUT2D eigenvalue weighted by molar-refractivity contribution is 9.09. The van der Waals surface area contributed by atoms with Crippen LogP contribution in [0, 0.1) is 17.3 Å². The van der Waals surface area contributed by atoms with Crippen molar-refractivity contribution in [2.75, 3.05) is 31.1 Å². The molecule has 1 spiro atoms. The maximum Gasteiger partial charge on any atom is 0.249 e. The van der Waals surface area contributed by atoms with Crippen molar-refractivity contribution in [3.63, 3.8) is 0 Å². The number of alkyl halides is 1. The van der Waals surface area contributed by atoms with E-state index in [0.717, 1.165) is 6.42 Å². The van der Waals surface area contributed by atoms with Gasteiger partial charge in [-0.15, -0.1) is 13.2 Å². The molecule has 230 valence electrons. The van der Waals surface area contributed by atoms with Crippen LogP contribution in [0.4, 0.5) is 5.69 Å². The van der Waals surface area contributed by atoms with Gasteiger partial charge in [0.15, 0.2) is 0 Å². The first kappa shape index (κ1) is 32.4. The molecule has 2 bridgehead atoms. The van der Waals surface area contributed by atoms with Gasteiger partial charge in [0.05, 0.1) is 17.9 Å². The monoisotopic (exact) mass is 643 g/mol. The minimum Gasteiger partial charge on any atom is -0.396 e. The predicted octanol–water partition coefficient (Wildman–Crippen LogP) is 4.57. The largest absolute Gasteiger partial charge is 0.396 e. The Hall–Kier alpha value is -2.49. The Labute approximate surface area is 258 Å². The van der Waals surface area contributed by atoms with Crippen molar-refractivity contribution in [1.29, 1.82) is 0 Å². The van der Waals surface area contributed by atoms with Gasteiger partial charge in [-0.25, -0.2) is 0 Å². The van der Waals surface area contributed by atoms with E-state index < -0.39 is 35.1 Å². The van der Waals surface area contributed by atoms with Gasteiger partial charge in [-0.05, 0) is 50.7 Å². The van der Waals surface area contributed by atoms with Crippen molar-refractivity contribution < 1.29 is 24.2 Å². The molecular weight excluding hydrogens is 598 g/mol. The summed E-state index contributed by atoms with van der Waals surface area (Å²) in [5.41, 5.74) is -1.06. The Kier molecular flexibility index (Phi) is 9.46. The number of likely N-dealkylation sites (tertiary alicyclic amines) is 1. The van der Waals surface area contributed by atoms with Crippen LogP contribution in [0.5, 0.6) is 0 Å². The maximum absolute atomic E-state index is 14.8. The lowest BCUT2D eigenvalue weighted by Gasteiger charge is -2.45. The summed E-state index contributed by atoms with van der Waals surface area (Å²) in [6.45, 7) is 18.9. The van der Waals surface area contributed by atoms with Crippen LogP contribution >= 0.6 is 15.9 Å². The van der Waals surface area contributed by atoms with Gasteiger partial charge in [0.25, 0.3) is 0 Å². The molecule has 3 unspecified atom stereocenters. The Morgan fingerprint density at radius 3 is 2.33 bits per heavy atom. The second-order valence-electron chi connectivity index (χ2n) is 13.6. The first-order valence-corrected chi connectivity index (χ1v) is 15.8. The standard InChI is InChI=1S/C33H46BrN3O5/c1-8-16-35(22-14-11-10-12-15-22)28(39)24-25-29(40)36(18-13-19-38)27(33(25)20-23(34)26(24)42-33)30(41)37(17-9-2)32(6,7)21-31(3,4)5/h8-12,14-15,23-27,38H,1-2,13,16-21H2,3-7H3/t23?,24-,25+,26-,27?,33?/m1/s1. The zero-order valence-corrected chi connectivity index (χ0v) is 27.2. The molecule has 4 rings (SSSR count). The van der Waals surface area contributed by atoms with Gasteiger partial charge in [-0.3, -0.25) is 14.4 Å². The molecule has 0 saturated carbocycles. The van der Waals surface area contributed by atoms with E-state index in [-0.39, 0.29) is 47.7 Å². The lowest BCUT2D eigenvalue weighted by atomic mass is 9.70. The van der Waals surface area contributed by atoms with Crippen LogP contribution in [0.3, 0.4) is 0 Å². The van der Waals surface area contributed by atoms with Gasteiger partial charge in [-0.2, -0.15) is 0 Å². The molecule has 0 aliphatic carbocycles. The van der Waals surface area contributed by atoms with E-state index in [0.29, 0.717) is 25.1 Å². The fraction of sp³-hybridized carbons (Fsp3) is 0.606. The van der Waals surface area contributed by atoms with Crippen LogP contribution in [0.2, 0.25) is 0 Å². The van der Waals surface area contributed by atoms with Crippen LogP contribution < -0.4 is 4.90 Å². The van der Waals surface area contributed by atoms with Gasteiger partial charge >= 0.3 is 0 Å². The minimum absolute atomic E-state index is 0.0566. The number of benzene rings is 1. The predicted molar refractivity (Wildman–Crippen MR) is 168 cm³/mol. The molecule has 3 aliphatic heterocycles. The summed E-state index contributed by atoms with van der Waals surface area (Å²) in [7, 11) is 0. The number of carbonyl (C=O) groups excluding carboxylic acids is 3. The van der Waals surface area contributed by atoms with E-state index in [2.05, 4.69) is 49.9 Å². The van der Waals surface area contributed by atoms with Crippen LogP contribution in [0.15, 0.2) is 55.6 Å². The number of rotatable bonds is 12. The summed E-state index contributed by atoms with van der Waals surface area (Å²) in [6.07, 6.45) is 4.29. The van der Waals surface area contributed by atoms with Gasteiger partial charge < -0.3 is 24.5 Å². The smallest absolute Gasteiger partial charge is 0.249 e. The number of hydrogen-bond donors (Lipinski definition) is 1.